The summed E-state index contributed by atoms with van der Waals surface area (Å²) >= 11 is 0. The molecule has 318 valence electrons. The van der Waals surface area contributed by atoms with E-state index >= 15 is 0 Å². The molecule has 0 aromatic heterocycles. The van der Waals surface area contributed by atoms with E-state index in [4.69, 9.17) is 23.7 Å². The van der Waals surface area contributed by atoms with Gasteiger partial charge in [-0.05, 0) is 100 Å². The number of esters is 1. The normalized spacial score (nSPS) is 40.6. The number of aliphatic hydroxyl groups is 3. The van der Waals surface area contributed by atoms with E-state index in [9.17, 15) is 34.5 Å². The molecular weight excluding hydrogens is 722 g/mol. The van der Waals surface area contributed by atoms with E-state index in [0.717, 1.165) is 0 Å². The molecule has 56 heavy (non-hydrogen) atoms. The molecule has 2 saturated heterocycles. The summed E-state index contributed by atoms with van der Waals surface area (Å²) in [5.41, 5.74) is 1.28. The van der Waals surface area contributed by atoms with Crippen molar-refractivity contribution in [3.8, 4) is 0 Å². The number of fused-ring (bicyclic) bond motifs is 3. The van der Waals surface area contributed by atoms with E-state index < -0.39 is 77.9 Å². The largest absolute Gasteiger partial charge is 0.456 e. The zero-order chi connectivity index (χ0) is 41.5. The van der Waals surface area contributed by atoms with Gasteiger partial charge in [0.05, 0.1) is 30.5 Å². The zero-order valence-electron chi connectivity index (χ0n) is 35.1. The average molecular weight is 792 g/mol. The number of nitrogens with zero attached hydrogens (tertiary/aromatic N) is 1. The molecule has 1 saturated carbocycles. The Balaban J connectivity index is 1.76. The number of aliphatic hydroxyl groups excluding tert-OH is 2. The van der Waals surface area contributed by atoms with Crippen molar-refractivity contribution in [1.82, 2.24) is 4.90 Å². The minimum Gasteiger partial charge on any atom is -0.456 e. The SMILES string of the molecule is CCC1=CC(C)CC(C)CC(OC)C2OC(O)(C(=O)C(=O)N3CCCCC3C(=O)OC(C(C)=CC3CCC(O)C(OC)C3)C(C)C(O)CC1=O)C(C)CC2OC. The monoisotopic (exact) mass is 791 g/mol. The summed E-state index contributed by atoms with van der Waals surface area (Å²) in [4.78, 5) is 57.6. The van der Waals surface area contributed by atoms with Gasteiger partial charge in [-0.15, -0.1) is 0 Å². The Morgan fingerprint density at radius 3 is 2.20 bits per heavy atom. The molecule has 0 spiro atoms. The van der Waals surface area contributed by atoms with Gasteiger partial charge in [-0.1, -0.05) is 46.8 Å². The molecule has 3 heterocycles. The van der Waals surface area contributed by atoms with E-state index in [2.05, 4.69) is 6.92 Å². The van der Waals surface area contributed by atoms with Crippen molar-refractivity contribution >= 4 is 23.4 Å². The molecule has 1 amide bonds. The number of cyclic esters (lactones) is 1. The summed E-state index contributed by atoms with van der Waals surface area (Å²) in [6.45, 7) is 11.3. The Morgan fingerprint density at radius 1 is 0.893 bits per heavy atom. The summed E-state index contributed by atoms with van der Waals surface area (Å²) in [6.07, 6.45) is 3.70. The fourth-order valence-electron chi connectivity index (χ4n) is 9.42. The number of piperidine rings is 1. The van der Waals surface area contributed by atoms with Crippen LogP contribution in [0.3, 0.4) is 0 Å². The molecule has 3 N–H and O–H groups in total. The second-order valence-corrected chi connectivity index (χ2v) is 17.1. The molecule has 4 aliphatic rings. The van der Waals surface area contributed by atoms with Gasteiger partial charge in [-0.2, -0.15) is 0 Å². The van der Waals surface area contributed by atoms with Gasteiger partial charge in [-0.3, -0.25) is 14.4 Å². The van der Waals surface area contributed by atoms with Gasteiger partial charge >= 0.3 is 5.97 Å². The first-order valence-electron chi connectivity index (χ1n) is 20.8. The fraction of sp³-hybridized carbons (Fsp3) is 0.814. The number of carbonyl (C=O) groups is 4. The second-order valence-electron chi connectivity index (χ2n) is 17.1. The predicted molar refractivity (Wildman–Crippen MR) is 208 cm³/mol. The Labute approximate surface area is 333 Å². The number of amides is 1. The molecule has 4 rings (SSSR count). The number of rotatable bonds is 6. The molecule has 0 aromatic rings. The van der Waals surface area contributed by atoms with Crippen molar-refractivity contribution in [2.24, 2.45) is 29.6 Å². The van der Waals surface area contributed by atoms with E-state index in [0.29, 0.717) is 62.5 Å². The number of ketones is 2. The van der Waals surface area contributed by atoms with Gasteiger partial charge in [0, 0.05) is 46.1 Å². The summed E-state index contributed by atoms with van der Waals surface area (Å²) < 4.78 is 29.7. The third-order valence-corrected chi connectivity index (χ3v) is 12.9. The lowest BCUT2D eigenvalue weighted by Gasteiger charge is -2.47. The number of hydrogen-bond acceptors (Lipinski definition) is 12. The van der Waals surface area contributed by atoms with Crippen molar-refractivity contribution in [1.29, 1.82) is 0 Å². The van der Waals surface area contributed by atoms with E-state index in [1.54, 1.807) is 21.0 Å². The van der Waals surface area contributed by atoms with Crippen LogP contribution in [0.25, 0.3) is 0 Å². The average Bonchev–Trinajstić information content (AvgIpc) is 3.18. The maximum atomic E-state index is 14.3. The highest BCUT2D eigenvalue weighted by atomic mass is 16.7. The van der Waals surface area contributed by atoms with Crippen LogP contribution in [0.2, 0.25) is 0 Å². The van der Waals surface area contributed by atoms with Gasteiger partial charge < -0.3 is 43.9 Å². The number of hydrogen-bond donors (Lipinski definition) is 3. The van der Waals surface area contributed by atoms with E-state index in [1.807, 2.05) is 32.9 Å². The third kappa shape index (κ3) is 10.7. The number of carbonyl (C=O) groups excluding carboxylic acids is 4. The van der Waals surface area contributed by atoms with Crippen molar-refractivity contribution in [2.75, 3.05) is 27.9 Å². The third-order valence-electron chi connectivity index (χ3n) is 12.9. The van der Waals surface area contributed by atoms with Crippen LogP contribution in [0, 0.1) is 29.6 Å². The van der Waals surface area contributed by atoms with Gasteiger partial charge in [-0.25, -0.2) is 4.79 Å². The highest BCUT2D eigenvalue weighted by molar-refractivity contribution is 6.39. The second kappa shape index (κ2) is 20.4. The molecule has 13 heteroatoms. The lowest BCUT2D eigenvalue weighted by atomic mass is 9.81. The van der Waals surface area contributed by atoms with Gasteiger partial charge in [0.25, 0.3) is 11.7 Å². The lowest BCUT2D eigenvalue weighted by Crippen LogP contribution is -2.64. The first-order valence-corrected chi connectivity index (χ1v) is 20.8. The molecule has 13 nitrogen and oxygen atoms in total. The number of methoxy groups -OCH3 is 3. The van der Waals surface area contributed by atoms with E-state index in [1.165, 1.54) is 19.1 Å². The van der Waals surface area contributed by atoms with E-state index in [-0.39, 0.29) is 55.4 Å². The Morgan fingerprint density at radius 2 is 1.55 bits per heavy atom. The first kappa shape index (κ1) is 46.2. The number of allylic oxidation sites excluding steroid dienone is 3. The highest BCUT2D eigenvalue weighted by Crippen LogP contribution is 2.39. The van der Waals surface area contributed by atoms with Crippen LogP contribution in [-0.2, 0) is 42.9 Å². The molecule has 14 unspecified atom stereocenters. The molecule has 1 aliphatic carbocycles. The van der Waals surface area contributed by atoms with Crippen LogP contribution in [0.1, 0.15) is 112 Å². The van der Waals surface area contributed by atoms with Crippen LogP contribution in [0.15, 0.2) is 23.3 Å². The van der Waals surface area contributed by atoms with Gasteiger partial charge in [0.2, 0.25) is 5.79 Å². The molecule has 3 aliphatic heterocycles. The number of ether oxygens (including phenoxy) is 5. The van der Waals surface area contributed by atoms with Gasteiger partial charge in [0.1, 0.15) is 18.2 Å². The van der Waals surface area contributed by atoms with Crippen LogP contribution in [0.4, 0.5) is 0 Å². The smallest absolute Gasteiger partial charge is 0.329 e. The molecule has 2 bridgehead atoms. The summed E-state index contributed by atoms with van der Waals surface area (Å²) in [6, 6.07) is -1.13. The van der Waals surface area contributed by atoms with Crippen LogP contribution >= 0.6 is 0 Å². The highest BCUT2D eigenvalue weighted by Gasteiger charge is 2.56. The predicted octanol–water partition coefficient (Wildman–Crippen LogP) is 4.47. The summed E-state index contributed by atoms with van der Waals surface area (Å²) in [5.74, 6) is -7.11. The minimum atomic E-state index is -2.50. The van der Waals surface area contributed by atoms with Crippen molar-refractivity contribution < 1.29 is 58.2 Å². The van der Waals surface area contributed by atoms with Crippen molar-refractivity contribution in [3.63, 3.8) is 0 Å². The van der Waals surface area contributed by atoms with Crippen LogP contribution in [0.5, 0.6) is 0 Å². The maximum absolute atomic E-state index is 14.3. The number of Topliss-reactive ketones (excluding diaryl/α,β-unsaturated/α-hetero) is 2. The Kier molecular flexibility index (Phi) is 16.9. The molecule has 14 atom stereocenters. The molecule has 0 aromatic carbocycles. The first-order chi connectivity index (χ1) is 26.5. The Hall–Kier alpha value is -2.52. The summed E-state index contributed by atoms with van der Waals surface area (Å²) in [7, 11) is 4.63. The maximum Gasteiger partial charge on any atom is 0.329 e. The summed E-state index contributed by atoms with van der Waals surface area (Å²) in [5, 5.41) is 34.1. The molecule has 0 radical (unpaired) electrons. The Bertz CT molecular complexity index is 1430. The van der Waals surface area contributed by atoms with Crippen LogP contribution in [-0.4, -0.2) is 126 Å². The quantitative estimate of drug-likeness (QED) is 0.196. The molecular formula is C43H69NO12. The lowest BCUT2D eigenvalue weighted by molar-refractivity contribution is -0.302. The zero-order valence-corrected chi connectivity index (χ0v) is 35.1. The van der Waals surface area contributed by atoms with Crippen LogP contribution < -0.4 is 0 Å². The van der Waals surface area contributed by atoms with Crippen molar-refractivity contribution in [2.45, 2.75) is 167 Å². The van der Waals surface area contributed by atoms with Crippen molar-refractivity contribution in [3.05, 3.63) is 23.3 Å². The standard InChI is InChI=1S/C43H69NO12/c1-10-30-18-24(2)17-25(3)19-36(53-8)39-37(54-9)21-27(5)43(51,56-39)40(48)41(49)44-16-12-11-13-31(44)42(50)55-38(28(6)33(46)23-34(30)47)26(4)20-29-14-15-32(45)35(22-29)52-7/h18,20,24-25,27-29,31-33,35-39,45-46,51H,10-17,19,21-23H2,1-9H3. The molecule has 3 fully saturated rings. The minimum absolute atomic E-state index is 0.000447. The topological polar surface area (TPSA) is 178 Å². The van der Waals surface area contributed by atoms with Gasteiger partial charge in [0.15, 0.2) is 5.78 Å². The fourth-order valence-corrected chi connectivity index (χ4v) is 9.42.